The van der Waals surface area contributed by atoms with Gasteiger partial charge in [0, 0.05) is 13.1 Å². The SMILES string of the molecule is COc1nc(N)nc(N2CCCC(C(C)C)CC2)n1. The Morgan fingerprint density at radius 1 is 1.21 bits per heavy atom. The lowest BCUT2D eigenvalue weighted by molar-refractivity contribution is 0.351. The van der Waals surface area contributed by atoms with E-state index in [0.29, 0.717) is 5.95 Å². The van der Waals surface area contributed by atoms with Gasteiger partial charge in [-0.05, 0) is 31.1 Å². The number of ether oxygens (including phenoxy) is 1. The standard InChI is InChI=1S/C13H23N5O/c1-9(2)10-5-4-7-18(8-6-10)12-15-11(14)16-13(17-12)19-3/h9-10H,4-8H2,1-3H3,(H2,14,15,16,17). The molecular weight excluding hydrogens is 242 g/mol. The molecule has 2 N–H and O–H groups in total. The number of rotatable bonds is 3. The van der Waals surface area contributed by atoms with E-state index in [1.54, 1.807) is 0 Å². The van der Waals surface area contributed by atoms with Crippen LogP contribution in [0.4, 0.5) is 11.9 Å². The van der Waals surface area contributed by atoms with Crippen LogP contribution in [-0.4, -0.2) is 35.2 Å². The minimum absolute atomic E-state index is 0.214. The molecule has 2 rings (SSSR count). The van der Waals surface area contributed by atoms with Gasteiger partial charge in [0.1, 0.15) is 0 Å². The van der Waals surface area contributed by atoms with Crippen molar-refractivity contribution in [3.05, 3.63) is 0 Å². The largest absolute Gasteiger partial charge is 0.467 e. The fourth-order valence-electron chi connectivity index (χ4n) is 2.58. The van der Waals surface area contributed by atoms with Crippen LogP contribution in [0, 0.1) is 11.8 Å². The van der Waals surface area contributed by atoms with Gasteiger partial charge in [-0.2, -0.15) is 15.0 Å². The number of methoxy groups -OCH3 is 1. The summed E-state index contributed by atoms with van der Waals surface area (Å²) in [5, 5.41) is 0. The molecule has 0 bridgehead atoms. The van der Waals surface area contributed by atoms with Gasteiger partial charge in [0.15, 0.2) is 0 Å². The Labute approximate surface area is 114 Å². The predicted molar refractivity (Wildman–Crippen MR) is 75.2 cm³/mol. The molecule has 1 aliphatic heterocycles. The second-order valence-electron chi connectivity index (χ2n) is 5.40. The maximum Gasteiger partial charge on any atom is 0.322 e. The third kappa shape index (κ3) is 3.45. The van der Waals surface area contributed by atoms with Gasteiger partial charge in [0.05, 0.1) is 7.11 Å². The molecule has 1 fully saturated rings. The van der Waals surface area contributed by atoms with E-state index in [1.165, 1.54) is 20.0 Å². The smallest absolute Gasteiger partial charge is 0.322 e. The van der Waals surface area contributed by atoms with Crippen molar-refractivity contribution in [3.63, 3.8) is 0 Å². The lowest BCUT2D eigenvalue weighted by Gasteiger charge is -2.21. The molecule has 106 valence electrons. The highest BCUT2D eigenvalue weighted by molar-refractivity contribution is 5.36. The van der Waals surface area contributed by atoms with Gasteiger partial charge in [0.25, 0.3) is 0 Å². The van der Waals surface area contributed by atoms with Crippen LogP contribution in [0.1, 0.15) is 33.1 Å². The van der Waals surface area contributed by atoms with E-state index in [-0.39, 0.29) is 12.0 Å². The number of hydrogen-bond acceptors (Lipinski definition) is 6. The van der Waals surface area contributed by atoms with Crippen LogP contribution >= 0.6 is 0 Å². The first-order valence-corrected chi connectivity index (χ1v) is 6.90. The average molecular weight is 265 g/mol. The van der Waals surface area contributed by atoms with Crippen molar-refractivity contribution in [3.8, 4) is 6.01 Å². The molecule has 0 aromatic carbocycles. The fraction of sp³-hybridized carbons (Fsp3) is 0.769. The Bertz CT molecular complexity index is 423. The van der Waals surface area contributed by atoms with Crippen LogP contribution in [0.15, 0.2) is 0 Å². The van der Waals surface area contributed by atoms with Gasteiger partial charge in [-0.15, -0.1) is 0 Å². The molecule has 2 heterocycles. The van der Waals surface area contributed by atoms with Crippen molar-refractivity contribution < 1.29 is 4.74 Å². The Kier molecular flexibility index (Phi) is 4.39. The molecule has 0 amide bonds. The predicted octanol–water partition coefficient (Wildman–Crippen LogP) is 1.72. The van der Waals surface area contributed by atoms with Crippen LogP contribution < -0.4 is 15.4 Å². The third-order valence-corrected chi connectivity index (χ3v) is 3.80. The topological polar surface area (TPSA) is 77.2 Å². The lowest BCUT2D eigenvalue weighted by Crippen LogP contribution is -2.27. The Hall–Kier alpha value is -1.59. The van der Waals surface area contributed by atoms with Gasteiger partial charge in [-0.25, -0.2) is 0 Å². The first kappa shape index (κ1) is 13.8. The van der Waals surface area contributed by atoms with Crippen LogP contribution in [0.5, 0.6) is 6.01 Å². The summed E-state index contributed by atoms with van der Waals surface area (Å²) in [4.78, 5) is 14.6. The Morgan fingerprint density at radius 3 is 2.68 bits per heavy atom. The monoisotopic (exact) mass is 265 g/mol. The zero-order chi connectivity index (χ0) is 13.8. The first-order valence-electron chi connectivity index (χ1n) is 6.90. The Morgan fingerprint density at radius 2 is 2.00 bits per heavy atom. The highest BCUT2D eigenvalue weighted by atomic mass is 16.5. The molecule has 6 nitrogen and oxygen atoms in total. The van der Waals surface area contributed by atoms with Crippen molar-refractivity contribution in [2.45, 2.75) is 33.1 Å². The number of aromatic nitrogens is 3. The molecule has 1 atom stereocenters. The Balaban J connectivity index is 2.11. The molecule has 0 spiro atoms. The molecule has 0 radical (unpaired) electrons. The maximum atomic E-state index is 5.69. The molecule has 0 saturated carbocycles. The zero-order valence-electron chi connectivity index (χ0n) is 12.0. The summed E-state index contributed by atoms with van der Waals surface area (Å²) in [5.41, 5.74) is 5.69. The van der Waals surface area contributed by atoms with E-state index in [1.807, 2.05) is 0 Å². The van der Waals surface area contributed by atoms with Crippen molar-refractivity contribution in [2.75, 3.05) is 30.8 Å². The molecule has 1 unspecified atom stereocenters. The second kappa shape index (κ2) is 6.04. The minimum atomic E-state index is 0.214. The number of hydrogen-bond donors (Lipinski definition) is 1. The van der Waals surface area contributed by atoms with E-state index in [2.05, 4.69) is 33.7 Å². The maximum absolute atomic E-state index is 5.69. The molecule has 1 aliphatic rings. The van der Waals surface area contributed by atoms with E-state index < -0.39 is 0 Å². The summed E-state index contributed by atoms with van der Waals surface area (Å²) in [6, 6.07) is 0.284. The van der Waals surface area contributed by atoms with Crippen LogP contribution in [0.25, 0.3) is 0 Å². The summed E-state index contributed by atoms with van der Waals surface area (Å²) in [5.74, 6) is 2.37. The van der Waals surface area contributed by atoms with Crippen LogP contribution in [0.2, 0.25) is 0 Å². The average Bonchev–Trinajstić information content (AvgIpc) is 2.63. The molecule has 0 aliphatic carbocycles. The third-order valence-electron chi connectivity index (χ3n) is 3.80. The van der Waals surface area contributed by atoms with Gasteiger partial charge in [-0.3, -0.25) is 0 Å². The van der Waals surface area contributed by atoms with Crippen molar-refractivity contribution in [2.24, 2.45) is 11.8 Å². The number of anilines is 2. The number of nitrogens with zero attached hydrogens (tertiary/aromatic N) is 4. The van der Waals surface area contributed by atoms with E-state index >= 15 is 0 Å². The van der Waals surface area contributed by atoms with E-state index in [9.17, 15) is 0 Å². The summed E-state index contributed by atoms with van der Waals surface area (Å²) in [6.45, 7) is 6.53. The van der Waals surface area contributed by atoms with Crippen LogP contribution in [0.3, 0.4) is 0 Å². The molecule has 1 aromatic heterocycles. The molecule has 6 heteroatoms. The first-order chi connectivity index (χ1) is 9.10. The molecule has 1 aromatic rings. The minimum Gasteiger partial charge on any atom is -0.467 e. The summed E-state index contributed by atoms with van der Waals surface area (Å²) < 4.78 is 5.05. The second-order valence-corrected chi connectivity index (χ2v) is 5.40. The summed E-state index contributed by atoms with van der Waals surface area (Å²) in [7, 11) is 1.54. The summed E-state index contributed by atoms with van der Waals surface area (Å²) >= 11 is 0. The van der Waals surface area contributed by atoms with Crippen molar-refractivity contribution in [1.82, 2.24) is 15.0 Å². The van der Waals surface area contributed by atoms with E-state index in [0.717, 1.165) is 31.3 Å². The molecular formula is C13H23N5O. The highest BCUT2D eigenvalue weighted by Gasteiger charge is 2.21. The summed E-state index contributed by atoms with van der Waals surface area (Å²) in [6.07, 6.45) is 3.61. The lowest BCUT2D eigenvalue weighted by atomic mass is 9.89. The van der Waals surface area contributed by atoms with Crippen molar-refractivity contribution in [1.29, 1.82) is 0 Å². The molecule has 19 heavy (non-hydrogen) atoms. The fourth-order valence-corrected chi connectivity index (χ4v) is 2.58. The van der Waals surface area contributed by atoms with Gasteiger partial charge in [-0.1, -0.05) is 13.8 Å². The quantitative estimate of drug-likeness (QED) is 0.896. The van der Waals surface area contributed by atoms with Crippen LogP contribution in [-0.2, 0) is 0 Å². The van der Waals surface area contributed by atoms with E-state index in [4.69, 9.17) is 10.5 Å². The number of nitrogen functional groups attached to an aromatic ring is 1. The van der Waals surface area contributed by atoms with Gasteiger partial charge < -0.3 is 15.4 Å². The normalized spacial score (nSPS) is 20.4. The zero-order valence-corrected chi connectivity index (χ0v) is 12.0. The highest BCUT2D eigenvalue weighted by Crippen LogP contribution is 2.26. The van der Waals surface area contributed by atoms with Gasteiger partial charge >= 0.3 is 6.01 Å². The molecule has 1 saturated heterocycles. The van der Waals surface area contributed by atoms with Crippen molar-refractivity contribution >= 4 is 11.9 Å². The number of nitrogens with two attached hydrogens (primary N) is 1. The van der Waals surface area contributed by atoms with Gasteiger partial charge in [0.2, 0.25) is 11.9 Å².